The lowest BCUT2D eigenvalue weighted by Crippen LogP contribution is -2.21. The third-order valence-electron chi connectivity index (χ3n) is 5.71. The lowest BCUT2D eigenvalue weighted by atomic mass is 9.81. The first kappa shape index (κ1) is 18.4. The topological polar surface area (TPSA) is 65.7 Å². The molecule has 4 aromatic rings. The number of hydrogen-bond donors (Lipinski definition) is 0. The van der Waals surface area contributed by atoms with Crippen molar-refractivity contribution >= 4 is 11.4 Å². The van der Waals surface area contributed by atoms with Crippen molar-refractivity contribution in [2.75, 3.05) is 14.2 Å². The number of methoxy groups -OCH3 is 2. The molecular formula is C24H21N3O3. The van der Waals surface area contributed by atoms with E-state index in [2.05, 4.69) is 5.10 Å². The molecule has 0 spiro atoms. The van der Waals surface area contributed by atoms with E-state index in [1.54, 1.807) is 24.9 Å². The second kappa shape index (κ2) is 7.30. The van der Waals surface area contributed by atoms with Gasteiger partial charge >= 0.3 is 0 Å². The van der Waals surface area contributed by atoms with Gasteiger partial charge in [-0.25, -0.2) is 9.50 Å². The summed E-state index contributed by atoms with van der Waals surface area (Å²) in [5.41, 5.74) is 5.21. The molecule has 0 fully saturated rings. The molecule has 5 rings (SSSR count). The minimum atomic E-state index is 0.00361. The van der Waals surface area contributed by atoms with Crippen molar-refractivity contribution in [3.8, 4) is 22.6 Å². The zero-order valence-corrected chi connectivity index (χ0v) is 16.8. The van der Waals surface area contributed by atoms with E-state index in [9.17, 15) is 4.79 Å². The van der Waals surface area contributed by atoms with Crippen LogP contribution in [-0.2, 0) is 6.42 Å². The highest BCUT2D eigenvalue weighted by Gasteiger charge is 2.30. The molecule has 2 aromatic carbocycles. The minimum Gasteiger partial charge on any atom is -0.497 e. The van der Waals surface area contributed by atoms with Crippen LogP contribution >= 0.6 is 0 Å². The van der Waals surface area contributed by atoms with Gasteiger partial charge in [0.1, 0.15) is 11.5 Å². The highest BCUT2D eigenvalue weighted by atomic mass is 16.5. The van der Waals surface area contributed by atoms with Gasteiger partial charge in [-0.15, -0.1) is 0 Å². The highest BCUT2D eigenvalue weighted by molar-refractivity contribution is 5.99. The molecule has 0 saturated heterocycles. The van der Waals surface area contributed by atoms with Crippen LogP contribution in [0.1, 0.15) is 34.0 Å². The number of ether oxygens (including phenoxy) is 2. The summed E-state index contributed by atoms with van der Waals surface area (Å²) in [4.78, 5) is 17.8. The van der Waals surface area contributed by atoms with E-state index in [-0.39, 0.29) is 11.7 Å². The van der Waals surface area contributed by atoms with Crippen molar-refractivity contribution in [3.63, 3.8) is 0 Å². The Hall–Kier alpha value is -3.67. The van der Waals surface area contributed by atoms with Crippen LogP contribution in [-0.4, -0.2) is 34.6 Å². The van der Waals surface area contributed by atoms with Gasteiger partial charge in [-0.3, -0.25) is 4.79 Å². The summed E-state index contributed by atoms with van der Waals surface area (Å²) in [6.45, 7) is 0. The normalized spacial score (nSPS) is 15.8. The molecule has 0 radical (unpaired) electrons. The van der Waals surface area contributed by atoms with Crippen LogP contribution in [0.5, 0.6) is 11.5 Å². The first-order valence-electron chi connectivity index (χ1n) is 9.85. The Bertz CT molecular complexity index is 1250. The predicted molar refractivity (Wildman–Crippen MR) is 113 cm³/mol. The highest BCUT2D eigenvalue weighted by Crippen LogP contribution is 2.38. The van der Waals surface area contributed by atoms with Gasteiger partial charge in [0.25, 0.3) is 0 Å². The van der Waals surface area contributed by atoms with Crippen LogP contribution in [0.3, 0.4) is 0 Å². The lowest BCUT2D eigenvalue weighted by Gasteiger charge is -2.25. The van der Waals surface area contributed by atoms with Gasteiger partial charge in [0.15, 0.2) is 11.4 Å². The molecule has 2 heterocycles. The number of carbonyl (C=O) groups excluding carboxylic acids is 1. The van der Waals surface area contributed by atoms with Crippen molar-refractivity contribution in [3.05, 3.63) is 77.7 Å². The molecule has 1 atom stereocenters. The number of aromatic nitrogens is 3. The summed E-state index contributed by atoms with van der Waals surface area (Å²) in [6, 6.07) is 15.8. The van der Waals surface area contributed by atoms with E-state index in [1.807, 2.05) is 54.7 Å². The van der Waals surface area contributed by atoms with Gasteiger partial charge in [0.2, 0.25) is 0 Å². The fraction of sp³-hybridized carbons (Fsp3) is 0.208. The summed E-state index contributed by atoms with van der Waals surface area (Å²) >= 11 is 0. The fourth-order valence-corrected chi connectivity index (χ4v) is 4.17. The summed E-state index contributed by atoms with van der Waals surface area (Å²) in [6.07, 6.45) is 4.70. The third-order valence-corrected chi connectivity index (χ3v) is 5.71. The average Bonchev–Trinajstić information content (AvgIpc) is 3.20. The average molecular weight is 399 g/mol. The van der Waals surface area contributed by atoms with Crippen molar-refractivity contribution in [2.24, 2.45) is 0 Å². The largest absolute Gasteiger partial charge is 0.497 e. The number of Topliss-reactive ketones (excluding diaryl/α,β-unsaturated/α-hetero) is 1. The Morgan fingerprint density at radius 1 is 1.00 bits per heavy atom. The van der Waals surface area contributed by atoms with Crippen LogP contribution < -0.4 is 9.47 Å². The standard InChI is InChI=1S/C24H21N3O3/c1-29-17-8-9-18(23(12-17)30-2)16-10-21-20(22(28)11-16)14-27-24(26-21)19(13-25-27)15-6-4-3-5-7-15/h3-9,12-14,16H,10-11H2,1-2H3. The lowest BCUT2D eigenvalue weighted by molar-refractivity contribution is 0.0962. The molecule has 0 N–H and O–H groups in total. The van der Waals surface area contributed by atoms with Crippen LogP contribution in [0.15, 0.2) is 60.9 Å². The minimum absolute atomic E-state index is 0.00361. The van der Waals surface area contributed by atoms with Gasteiger partial charge in [-0.05, 0) is 23.6 Å². The first-order chi connectivity index (χ1) is 14.7. The SMILES string of the molecule is COc1ccc(C2CC(=O)c3cn4ncc(-c5ccccc5)c4nc3C2)c(OC)c1. The van der Waals surface area contributed by atoms with Crippen molar-refractivity contribution in [2.45, 2.75) is 18.8 Å². The van der Waals surface area contributed by atoms with Crippen molar-refractivity contribution < 1.29 is 14.3 Å². The summed E-state index contributed by atoms with van der Waals surface area (Å²) in [5.74, 6) is 1.53. The van der Waals surface area contributed by atoms with Crippen molar-refractivity contribution in [1.82, 2.24) is 14.6 Å². The van der Waals surface area contributed by atoms with Crippen LogP contribution in [0.2, 0.25) is 0 Å². The summed E-state index contributed by atoms with van der Waals surface area (Å²) in [5, 5.41) is 4.43. The van der Waals surface area contributed by atoms with Gasteiger partial charge < -0.3 is 9.47 Å². The van der Waals surface area contributed by atoms with E-state index >= 15 is 0 Å². The van der Waals surface area contributed by atoms with E-state index < -0.39 is 0 Å². The Morgan fingerprint density at radius 3 is 2.60 bits per heavy atom. The van der Waals surface area contributed by atoms with Gasteiger partial charge in [0, 0.05) is 30.2 Å². The number of rotatable bonds is 4. The number of nitrogens with zero attached hydrogens (tertiary/aromatic N) is 3. The van der Waals surface area contributed by atoms with E-state index in [4.69, 9.17) is 14.5 Å². The molecule has 2 aromatic heterocycles. The molecule has 1 unspecified atom stereocenters. The quantitative estimate of drug-likeness (QED) is 0.511. The first-order valence-corrected chi connectivity index (χ1v) is 9.85. The van der Waals surface area contributed by atoms with Crippen molar-refractivity contribution in [1.29, 1.82) is 0 Å². The molecule has 0 saturated carbocycles. The molecule has 0 aliphatic heterocycles. The maximum absolute atomic E-state index is 13.0. The van der Waals surface area contributed by atoms with Gasteiger partial charge in [-0.2, -0.15) is 5.10 Å². The van der Waals surface area contributed by atoms with Gasteiger partial charge in [-0.1, -0.05) is 36.4 Å². The zero-order valence-electron chi connectivity index (χ0n) is 16.8. The molecule has 0 amide bonds. The molecule has 30 heavy (non-hydrogen) atoms. The number of benzene rings is 2. The van der Waals surface area contributed by atoms with E-state index in [0.717, 1.165) is 39.5 Å². The molecule has 1 aliphatic carbocycles. The Labute approximate surface area is 174 Å². The molecule has 6 heteroatoms. The predicted octanol–water partition coefficient (Wildman–Crippen LogP) is 4.33. The summed E-state index contributed by atoms with van der Waals surface area (Å²) < 4.78 is 12.6. The number of ketones is 1. The van der Waals surface area contributed by atoms with Crippen LogP contribution in [0.25, 0.3) is 16.8 Å². The number of carbonyl (C=O) groups is 1. The second-order valence-corrected chi connectivity index (χ2v) is 7.43. The van der Waals surface area contributed by atoms with Crippen LogP contribution in [0.4, 0.5) is 0 Å². The Morgan fingerprint density at radius 2 is 1.83 bits per heavy atom. The maximum atomic E-state index is 13.0. The molecule has 6 nitrogen and oxygen atoms in total. The van der Waals surface area contributed by atoms with E-state index in [0.29, 0.717) is 18.4 Å². The fourth-order valence-electron chi connectivity index (χ4n) is 4.17. The number of fused-ring (bicyclic) bond motifs is 2. The van der Waals surface area contributed by atoms with E-state index in [1.165, 1.54) is 0 Å². The maximum Gasteiger partial charge on any atom is 0.166 e. The van der Waals surface area contributed by atoms with Gasteiger partial charge in [0.05, 0.1) is 31.7 Å². The molecule has 1 aliphatic rings. The Kier molecular flexibility index (Phi) is 4.47. The molecular weight excluding hydrogens is 378 g/mol. The smallest absolute Gasteiger partial charge is 0.166 e. The second-order valence-electron chi connectivity index (χ2n) is 7.43. The Balaban J connectivity index is 1.58. The summed E-state index contributed by atoms with van der Waals surface area (Å²) in [7, 11) is 3.26. The zero-order chi connectivity index (χ0) is 20.7. The number of hydrogen-bond acceptors (Lipinski definition) is 5. The molecule has 0 bridgehead atoms. The monoisotopic (exact) mass is 399 g/mol. The van der Waals surface area contributed by atoms with Crippen LogP contribution in [0, 0.1) is 0 Å². The molecule has 150 valence electrons. The third kappa shape index (κ3) is 3.01.